The number of amides is 4. The molecule has 1 spiro atoms. The SMILES string of the molecule is CN1C(=O)N(COCc2ccccc2)C(=O)C12CCN(C(=O)OC(C)(C)C)CC2. The summed E-state index contributed by atoms with van der Waals surface area (Å²) < 4.78 is 11.0. The third kappa shape index (κ3) is 4.37. The van der Waals surface area contributed by atoms with Crippen LogP contribution in [-0.4, -0.2) is 70.7 Å². The average molecular weight is 403 g/mol. The molecule has 29 heavy (non-hydrogen) atoms. The van der Waals surface area contributed by atoms with E-state index in [2.05, 4.69) is 0 Å². The Morgan fingerprint density at radius 2 is 1.72 bits per heavy atom. The van der Waals surface area contributed by atoms with Crippen molar-refractivity contribution in [3.8, 4) is 0 Å². The number of nitrogens with zero attached hydrogens (tertiary/aromatic N) is 3. The molecule has 8 heteroatoms. The van der Waals surface area contributed by atoms with Crippen LogP contribution in [0.5, 0.6) is 0 Å². The summed E-state index contributed by atoms with van der Waals surface area (Å²) >= 11 is 0. The zero-order valence-electron chi connectivity index (χ0n) is 17.5. The molecule has 158 valence electrons. The summed E-state index contributed by atoms with van der Waals surface area (Å²) in [6.07, 6.45) is 0.361. The fourth-order valence-corrected chi connectivity index (χ4v) is 3.72. The van der Waals surface area contributed by atoms with Gasteiger partial charge in [0, 0.05) is 20.1 Å². The molecule has 0 bridgehead atoms. The Morgan fingerprint density at radius 3 is 2.31 bits per heavy atom. The molecule has 2 saturated heterocycles. The van der Waals surface area contributed by atoms with Crippen molar-refractivity contribution < 1.29 is 23.9 Å². The van der Waals surface area contributed by atoms with Crippen LogP contribution in [0.15, 0.2) is 30.3 Å². The topological polar surface area (TPSA) is 79.4 Å². The van der Waals surface area contributed by atoms with Gasteiger partial charge in [-0.15, -0.1) is 0 Å². The van der Waals surface area contributed by atoms with Crippen LogP contribution in [0.3, 0.4) is 0 Å². The summed E-state index contributed by atoms with van der Waals surface area (Å²) in [4.78, 5) is 42.3. The van der Waals surface area contributed by atoms with Crippen molar-refractivity contribution >= 4 is 18.0 Å². The Labute approximate surface area is 171 Å². The van der Waals surface area contributed by atoms with Gasteiger partial charge in [-0.2, -0.15) is 0 Å². The zero-order chi connectivity index (χ0) is 21.2. The van der Waals surface area contributed by atoms with Gasteiger partial charge >= 0.3 is 12.1 Å². The van der Waals surface area contributed by atoms with Crippen LogP contribution in [0, 0.1) is 0 Å². The fourth-order valence-electron chi connectivity index (χ4n) is 3.72. The standard InChI is InChI=1S/C21H29N3O5/c1-20(2,3)29-19(27)23-12-10-21(11-13-23)17(25)24(18(26)22(21)4)15-28-14-16-8-6-5-7-9-16/h5-9H,10-15H2,1-4H3. The molecule has 3 rings (SSSR count). The van der Waals surface area contributed by atoms with Crippen LogP contribution in [0.25, 0.3) is 0 Å². The Bertz CT molecular complexity index is 766. The predicted molar refractivity (Wildman–Crippen MR) is 106 cm³/mol. The molecule has 0 saturated carbocycles. The van der Waals surface area contributed by atoms with Gasteiger partial charge in [-0.1, -0.05) is 30.3 Å². The van der Waals surface area contributed by atoms with Crippen LogP contribution < -0.4 is 0 Å². The second-order valence-corrected chi connectivity index (χ2v) is 8.54. The number of benzene rings is 1. The number of likely N-dealkylation sites (N-methyl/N-ethyl adjacent to an activating group) is 1. The molecular weight excluding hydrogens is 374 g/mol. The minimum absolute atomic E-state index is 0.0889. The highest BCUT2D eigenvalue weighted by Crippen LogP contribution is 2.36. The molecule has 2 aliphatic heterocycles. The maximum atomic E-state index is 13.1. The number of piperidine rings is 1. The first kappa shape index (κ1) is 21.1. The van der Waals surface area contributed by atoms with Crippen LogP contribution in [0.1, 0.15) is 39.2 Å². The first-order valence-electron chi connectivity index (χ1n) is 9.83. The lowest BCUT2D eigenvalue weighted by Gasteiger charge is -2.40. The van der Waals surface area contributed by atoms with E-state index in [1.807, 2.05) is 51.1 Å². The van der Waals surface area contributed by atoms with Crippen molar-refractivity contribution in [2.45, 2.75) is 51.4 Å². The number of imide groups is 1. The van der Waals surface area contributed by atoms with Gasteiger partial charge in [-0.3, -0.25) is 4.79 Å². The van der Waals surface area contributed by atoms with Gasteiger partial charge in [0.15, 0.2) is 0 Å². The summed E-state index contributed by atoms with van der Waals surface area (Å²) in [5.41, 5.74) is -0.527. The maximum absolute atomic E-state index is 13.1. The highest BCUT2D eigenvalue weighted by Gasteiger charge is 2.57. The molecule has 0 aliphatic carbocycles. The van der Waals surface area contributed by atoms with Crippen LogP contribution in [0.4, 0.5) is 9.59 Å². The molecule has 0 unspecified atom stereocenters. The first-order chi connectivity index (χ1) is 13.6. The summed E-state index contributed by atoms with van der Waals surface area (Å²) in [6, 6.07) is 9.22. The minimum Gasteiger partial charge on any atom is -0.444 e. The van der Waals surface area contributed by atoms with Crippen molar-refractivity contribution in [3.05, 3.63) is 35.9 Å². The lowest BCUT2D eigenvalue weighted by Crippen LogP contribution is -2.56. The monoisotopic (exact) mass is 403 g/mol. The molecule has 0 N–H and O–H groups in total. The fraction of sp³-hybridized carbons (Fsp3) is 0.571. The number of likely N-dealkylation sites (tertiary alicyclic amines) is 1. The Balaban J connectivity index is 1.60. The van der Waals surface area contributed by atoms with E-state index in [-0.39, 0.29) is 18.7 Å². The van der Waals surface area contributed by atoms with E-state index >= 15 is 0 Å². The zero-order valence-corrected chi connectivity index (χ0v) is 17.5. The third-order valence-electron chi connectivity index (χ3n) is 5.38. The number of hydrogen-bond acceptors (Lipinski definition) is 5. The number of urea groups is 1. The number of ether oxygens (including phenoxy) is 2. The molecule has 2 heterocycles. The first-order valence-corrected chi connectivity index (χ1v) is 9.83. The Morgan fingerprint density at radius 1 is 1.10 bits per heavy atom. The molecule has 2 aliphatic rings. The highest BCUT2D eigenvalue weighted by atomic mass is 16.6. The van der Waals surface area contributed by atoms with Crippen molar-refractivity contribution in [3.63, 3.8) is 0 Å². The van der Waals surface area contributed by atoms with E-state index in [9.17, 15) is 14.4 Å². The summed E-state index contributed by atoms with van der Waals surface area (Å²) in [5, 5.41) is 0. The lowest BCUT2D eigenvalue weighted by atomic mass is 9.86. The number of hydrogen-bond donors (Lipinski definition) is 0. The van der Waals surface area contributed by atoms with Gasteiger partial charge < -0.3 is 19.3 Å². The summed E-state index contributed by atoms with van der Waals surface area (Å²) in [7, 11) is 1.64. The van der Waals surface area contributed by atoms with Crippen molar-refractivity contribution in [1.82, 2.24) is 14.7 Å². The number of rotatable bonds is 4. The quantitative estimate of drug-likeness (QED) is 0.723. The van der Waals surface area contributed by atoms with Gasteiger partial charge in [0.25, 0.3) is 5.91 Å². The predicted octanol–water partition coefficient (Wildman–Crippen LogP) is 2.82. The van der Waals surface area contributed by atoms with E-state index in [1.165, 1.54) is 4.90 Å². The van der Waals surface area contributed by atoms with Crippen molar-refractivity contribution in [2.75, 3.05) is 26.9 Å². The molecule has 8 nitrogen and oxygen atoms in total. The molecule has 4 amide bonds. The van der Waals surface area contributed by atoms with Crippen molar-refractivity contribution in [2.24, 2.45) is 0 Å². The third-order valence-corrected chi connectivity index (χ3v) is 5.38. The number of carbonyl (C=O) groups is 3. The lowest BCUT2D eigenvalue weighted by molar-refractivity contribution is -0.138. The minimum atomic E-state index is -0.925. The van der Waals surface area contributed by atoms with Gasteiger partial charge in [0.2, 0.25) is 0 Å². The molecule has 1 aromatic rings. The van der Waals surface area contributed by atoms with Gasteiger partial charge in [0.1, 0.15) is 17.9 Å². The molecule has 0 atom stereocenters. The van der Waals surface area contributed by atoms with E-state index in [0.717, 1.165) is 10.5 Å². The second kappa shape index (κ2) is 8.02. The highest BCUT2D eigenvalue weighted by molar-refractivity contribution is 6.07. The molecule has 2 fully saturated rings. The van der Waals surface area contributed by atoms with Gasteiger partial charge in [-0.25, -0.2) is 14.5 Å². The summed E-state index contributed by atoms with van der Waals surface area (Å²) in [5.74, 6) is -0.262. The Kier molecular flexibility index (Phi) is 5.84. The normalized spacial score (nSPS) is 19.2. The van der Waals surface area contributed by atoms with Gasteiger partial charge in [-0.05, 0) is 39.2 Å². The molecule has 0 radical (unpaired) electrons. The Hall–Kier alpha value is -2.61. The van der Waals surface area contributed by atoms with Gasteiger partial charge in [0.05, 0.1) is 6.61 Å². The number of carbonyl (C=O) groups excluding carboxylic acids is 3. The molecule has 1 aromatic carbocycles. The van der Waals surface area contributed by atoms with E-state index in [4.69, 9.17) is 9.47 Å². The summed E-state index contributed by atoms with van der Waals surface area (Å²) in [6.45, 7) is 6.40. The van der Waals surface area contributed by atoms with Crippen LogP contribution >= 0.6 is 0 Å². The van der Waals surface area contributed by atoms with Crippen LogP contribution in [0.2, 0.25) is 0 Å². The van der Waals surface area contributed by atoms with E-state index in [1.54, 1.807) is 11.9 Å². The van der Waals surface area contributed by atoms with E-state index in [0.29, 0.717) is 32.5 Å². The second-order valence-electron chi connectivity index (χ2n) is 8.54. The largest absolute Gasteiger partial charge is 0.444 e. The average Bonchev–Trinajstić information content (AvgIpc) is 2.84. The van der Waals surface area contributed by atoms with Crippen molar-refractivity contribution in [1.29, 1.82) is 0 Å². The van der Waals surface area contributed by atoms with E-state index < -0.39 is 17.2 Å². The smallest absolute Gasteiger partial charge is 0.410 e. The molecular formula is C21H29N3O5. The molecule has 0 aromatic heterocycles. The van der Waals surface area contributed by atoms with Crippen LogP contribution in [-0.2, 0) is 20.9 Å². The maximum Gasteiger partial charge on any atom is 0.410 e.